The molecule has 1 N–H and O–H groups in total. The highest BCUT2D eigenvalue weighted by atomic mass is 32.1. The molecule has 6 nitrogen and oxygen atoms in total. The Balaban J connectivity index is 2.14. The molecule has 2 aromatic rings. The molecular formula is C12H8FNO5S. The minimum absolute atomic E-state index is 0.0315. The maximum atomic E-state index is 12.9. The highest BCUT2D eigenvalue weighted by molar-refractivity contribution is 7.12. The fourth-order valence-electron chi connectivity index (χ4n) is 1.48. The van der Waals surface area contributed by atoms with Crippen molar-refractivity contribution in [2.24, 2.45) is 0 Å². The van der Waals surface area contributed by atoms with Crippen LogP contribution in [0.3, 0.4) is 0 Å². The lowest BCUT2D eigenvalue weighted by Crippen LogP contribution is -1.99. The zero-order valence-corrected chi connectivity index (χ0v) is 10.7. The van der Waals surface area contributed by atoms with Gasteiger partial charge in [-0.15, -0.1) is 11.3 Å². The van der Waals surface area contributed by atoms with E-state index in [2.05, 4.69) is 0 Å². The Kier molecular flexibility index (Phi) is 3.94. The van der Waals surface area contributed by atoms with Crippen molar-refractivity contribution in [1.29, 1.82) is 0 Å². The van der Waals surface area contributed by atoms with Crippen molar-refractivity contribution in [3.63, 3.8) is 0 Å². The predicted octanol–water partition coefficient (Wildman–Crippen LogP) is 3.07. The molecule has 0 saturated heterocycles. The lowest BCUT2D eigenvalue weighted by atomic mass is 10.3. The second-order valence-electron chi connectivity index (χ2n) is 3.78. The van der Waals surface area contributed by atoms with E-state index in [0.717, 1.165) is 29.5 Å². The maximum absolute atomic E-state index is 12.9. The van der Waals surface area contributed by atoms with Crippen LogP contribution in [0.4, 0.5) is 10.1 Å². The number of nitro benzene ring substituents is 1. The smallest absolute Gasteiger partial charge is 0.345 e. The summed E-state index contributed by atoms with van der Waals surface area (Å²) in [6, 6.07) is 4.41. The van der Waals surface area contributed by atoms with Crippen LogP contribution in [0.25, 0.3) is 0 Å². The molecule has 0 amide bonds. The molecule has 104 valence electrons. The number of carbonyl (C=O) groups is 1. The van der Waals surface area contributed by atoms with Crippen molar-refractivity contribution in [3.05, 3.63) is 56.0 Å². The Labute approximate surface area is 116 Å². The topological polar surface area (TPSA) is 89.7 Å². The number of hydrogen-bond acceptors (Lipinski definition) is 5. The summed E-state index contributed by atoms with van der Waals surface area (Å²) in [6.45, 7) is -0.0315. The quantitative estimate of drug-likeness (QED) is 0.676. The van der Waals surface area contributed by atoms with Crippen LogP contribution in [-0.2, 0) is 6.61 Å². The number of benzene rings is 1. The molecule has 0 unspecified atom stereocenters. The summed E-state index contributed by atoms with van der Waals surface area (Å²) in [7, 11) is 0. The normalized spacial score (nSPS) is 10.2. The molecule has 0 spiro atoms. The highest BCUT2D eigenvalue weighted by Crippen LogP contribution is 2.28. The molecule has 1 aromatic carbocycles. The number of ether oxygens (including phenoxy) is 1. The third-order valence-corrected chi connectivity index (χ3v) is 3.34. The van der Waals surface area contributed by atoms with Gasteiger partial charge >= 0.3 is 11.7 Å². The molecule has 20 heavy (non-hydrogen) atoms. The minimum atomic E-state index is -1.05. The van der Waals surface area contributed by atoms with E-state index in [1.807, 2.05) is 0 Å². The molecule has 2 rings (SSSR count). The van der Waals surface area contributed by atoms with Gasteiger partial charge in [0.05, 0.1) is 11.0 Å². The van der Waals surface area contributed by atoms with E-state index in [4.69, 9.17) is 9.84 Å². The van der Waals surface area contributed by atoms with Crippen molar-refractivity contribution >= 4 is 23.0 Å². The molecule has 0 saturated carbocycles. The average molecular weight is 297 g/mol. The van der Waals surface area contributed by atoms with Crippen LogP contribution in [-0.4, -0.2) is 16.0 Å². The maximum Gasteiger partial charge on any atom is 0.345 e. The van der Waals surface area contributed by atoms with E-state index in [9.17, 15) is 19.3 Å². The first-order valence-electron chi connectivity index (χ1n) is 5.35. The van der Waals surface area contributed by atoms with Crippen molar-refractivity contribution in [1.82, 2.24) is 0 Å². The first-order chi connectivity index (χ1) is 9.47. The van der Waals surface area contributed by atoms with Gasteiger partial charge in [-0.3, -0.25) is 10.1 Å². The summed E-state index contributed by atoms with van der Waals surface area (Å²) in [5, 5.41) is 21.1. The van der Waals surface area contributed by atoms with E-state index in [0.29, 0.717) is 5.56 Å². The van der Waals surface area contributed by atoms with Crippen LogP contribution in [0.1, 0.15) is 15.2 Å². The summed E-state index contributed by atoms with van der Waals surface area (Å²) in [6.07, 6.45) is 0. The fraction of sp³-hybridized carbons (Fsp3) is 0.0833. The Morgan fingerprint density at radius 3 is 2.80 bits per heavy atom. The van der Waals surface area contributed by atoms with Gasteiger partial charge in [0.25, 0.3) is 0 Å². The number of hydrogen-bond donors (Lipinski definition) is 1. The molecule has 0 bridgehead atoms. The van der Waals surface area contributed by atoms with E-state index in [1.54, 1.807) is 5.38 Å². The molecule has 1 aromatic heterocycles. The van der Waals surface area contributed by atoms with Crippen molar-refractivity contribution in [2.45, 2.75) is 6.61 Å². The molecule has 0 aliphatic heterocycles. The molecule has 0 radical (unpaired) electrons. The van der Waals surface area contributed by atoms with Crippen LogP contribution < -0.4 is 4.74 Å². The predicted molar refractivity (Wildman–Crippen MR) is 68.7 cm³/mol. The van der Waals surface area contributed by atoms with Crippen molar-refractivity contribution in [2.75, 3.05) is 0 Å². The van der Waals surface area contributed by atoms with E-state index >= 15 is 0 Å². The third kappa shape index (κ3) is 3.09. The number of carboxylic acids is 1. The summed E-state index contributed by atoms with van der Waals surface area (Å²) in [4.78, 5) is 20.9. The monoisotopic (exact) mass is 297 g/mol. The molecule has 0 aliphatic carbocycles. The van der Waals surface area contributed by atoms with E-state index in [-0.39, 0.29) is 17.2 Å². The molecule has 0 fully saturated rings. The Bertz CT molecular complexity index is 670. The van der Waals surface area contributed by atoms with Crippen LogP contribution in [0.15, 0.2) is 29.6 Å². The average Bonchev–Trinajstić information content (AvgIpc) is 2.86. The van der Waals surface area contributed by atoms with Crippen LogP contribution in [0.2, 0.25) is 0 Å². The number of aromatic carboxylic acids is 1. The number of carboxylic acid groups (broad SMARTS) is 1. The number of halogens is 1. The largest absolute Gasteiger partial charge is 0.482 e. The minimum Gasteiger partial charge on any atom is -0.482 e. The lowest BCUT2D eigenvalue weighted by Gasteiger charge is -2.05. The first-order valence-corrected chi connectivity index (χ1v) is 6.23. The number of thiophene rings is 1. The summed E-state index contributed by atoms with van der Waals surface area (Å²) < 4.78 is 18.2. The number of nitro groups is 1. The van der Waals surface area contributed by atoms with Gasteiger partial charge in [0.1, 0.15) is 17.3 Å². The van der Waals surface area contributed by atoms with Gasteiger partial charge in [-0.05, 0) is 23.6 Å². The van der Waals surface area contributed by atoms with Gasteiger partial charge in [-0.25, -0.2) is 9.18 Å². The molecular weight excluding hydrogens is 289 g/mol. The molecule has 1 heterocycles. The highest BCUT2D eigenvalue weighted by Gasteiger charge is 2.16. The van der Waals surface area contributed by atoms with E-state index < -0.39 is 22.4 Å². The van der Waals surface area contributed by atoms with Gasteiger partial charge in [0.2, 0.25) is 0 Å². The van der Waals surface area contributed by atoms with Crippen LogP contribution in [0.5, 0.6) is 5.75 Å². The molecule has 0 atom stereocenters. The van der Waals surface area contributed by atoms with Gasteiger partial charge in [-0.2, -0.15) is 0 Å². The Hall–Kier alpha value is -2.48. The van der Waals surface area contributed by atoms with Crippen molar-refractivity contribution in [3.8, 4) is 5.75 Å². The zero-order valence-electron chi connectivity index (χ0n) is 9.91. The second-order valence-corrected chi connectivity index (χ2v) is 4.69. The molecule has 0 aliphatic rings. The van der Waals surface area contributed by atoms with E-state index in [1.165, 1.54) is 6.07 Å². The zero-order chi connectivity index (χ0) is 14.7. The standard InChI is InChI=1S/C12H8FNO5S/c13-8-1-2-10(9(4-8)14(17)18)19-5-7-3-11(12(15)16)20-6-7/h1-4,6H,5H2,(H,15,16). The SMILES string of the molecule is O=C(O)c1cc(COc2ccc(F)cc2[N+](=O)[O-])cs1. The van der Waals surface area contributed by atoms with Gasteiger partial charge in [0, 0.05) is 5.56 Å². The first kappa shape index (κ1) is 13.9. The molecule has 8 heteroatoms. The number of nitrogens with zero attached hydrogens (tertiary/aromatic N) is 1. The van der Waals surface area contributed by atoms with Crippen LogP contribution in [0, 0.1) is 15.9 Å². The van der Waals surface area contributed by atoms with Crippen LogP contribution >= 0.6 is 11.3 Å². The summed E-state index contributed by atoms with van der Waals surface area (Å²) in [5.74, 6) is -1.85. The van der Waals surface area contributed by atoms with Gasteiger partial charge in [0.15, 0.2) is 5.75 Å². The summed E-state index contributed by atoms with van der Waals surface area (Å²) in [5.41, 5.74) is 0.102. The van der Waals surface area contributed by atoms with Gasteiger partial charge in [-0.1, -0.05) is 0 Å². The lowest BCUT2D eigenvalue weighted by molar-refractivity contribution is -0.386. The Morgan fingerprint density at radius 2 is 2.20 bits per heavy atom. The van der Waals surface area contributed by atoms with Crippen molar-refractivity contribution < 1.29 is 24.0 Å². The Morgan fingerprint density at radius 1 is 1.45 bits per heavy atom. The third-order valence-electron chi connectivity index (χ3n) is 2.38. The fourth-order valence-corrected chi connectivity index (χ4v) is 2.21. The summed E-state index contributed by atoms with van der Waals surface area (Å²) >= 11 is 1.03. The number of rotatable bonds is 5. The second kappa shape index (κ2) is 5.66. The van der Waals surface area contributed by atoms with Gasteiger partial charge < -0.3 is 9.84 Å².